The average molecular weight is 193 g/mol. The molecular weight excluding hydrogens is 178 g/mol. The molecule has 0 fully saturated rings. The zero-order valence-electron chi connectivity index (χ0n) is 8.13. The molecule has 0 aliphatic rings. The Balaban J connectivity index is 2.25. The van der Waals surface area contributed by atoms with Gasteiger partial charge < -0.3 is 5.32 Å². The van der Waals surface area contributed by atoms with E-state index in [1.165, 1.54) is 5.56 Å². The van der Waals surface area contributed by atoms with Crippen molar-refractivity contribution in [2.45, 2.75) is 26.3 Å². The fourth-order valence-corrected chi connectivity index (χ4v) is 1.87. The molecule has 0 aliphatic heterocycles. The maximum Gasteiger partial charge on any atom is 0.0300 e. The minimum absolute atomic E-state index is 0.449. The minimum Gasteiger partial charge on any atom is -0.309 e. The van der Waals surface area contributed by atoms with Gasteiger partial charge in [0.25, 0.3) is 0 Å². The lowest BCUT2D eigenvalue weighted by molar-refractivity contribution is 0.585. The van der Waals surface area contributed by atoms with Crippen LogP contribution in [0, 0.1) is 11.8 Å². The van der Waals surface area contributed by atoms with Crippen LogP contribution in [0.1, 0.15) is 31.9 Å². The summed E-state index contributed by atoms with van der Waals surface area (Å²) < 4.78 is 0. The SMILES string of the molecule is CC#CCCNC(C)c1ccsc1. The summed E-state index contributed by atoms with van der Waals surface area (Å²) in [6, 6.07) is 2.61. The molecule has 1 atom stereocenters. The first-order valence-corrected chi connectivity index (χ1v) is 5.44. The van der Waals surface area contributed by atoms with Crippen LogP contribution in [0.15, 0.2) is 16.8 Å². The Morgan fingerprint density at radius 3 is 3.08 bits per heavy atom. The summed E-state index contributed by atoms with van der Waals surface area (Å²) in [7, 11) is 0. The van der Waals surface area contributed by atoms with Crippen molar-refractivity contribution in [1.82, 2.24) is 5.32 Å². The van der Waals surface area contributed by atoms with Crippen LogP contribution < -0.4 is 5.32 Å². The predicted molar refractivity (Wildman–Crippen MR) is 58.8 cm³/mol. The van der Waals surface area contributed by atoms with Crippen molar-refractivity contribution in [3.8, 4) is 11.8 Å². The summed E-state index contributed by atoms with van der Waals surface area (Å²) in [5, 5.41) is 7.72. The van der Waals surface area contributed by atoms with E-state index >= 15 is 0 Å². The largest absolute Gasteiger partial charge is 0.309 e. The van der Waals surface area contributed by atoms with Gasteiger partial charge in [-0.05, 0) is 36.2 Å². The molecule has 2 heteroatoms. The lowest BCUT2D eigenvalue weighted by atomic mass is 10.2. The molecule has 0 bridgehead atoms. The highest BCUT2D eigenvalue weighted by atomic mass is 32.1. The zero-order valence-corrected chi connectivity index (χ0v) is 8.95. The maximum atomic E-state index is 3.42. The fraction of sp³-hybridized carbons (Fsp3) is 0.455. The van der Waals surface area contributed by atoms with Crippen molar-refractivity contribution >= 4 is 11.3 Å². The second-order valence-corrected chi connectivity index (χ2v) is 3.69. The van der Waals surface area contributed by atoms with Gasteiger partial charge in [-0.1, -0.05) is 0 Å². The highest BCUT2D eigenvalue weighted by molar-refractivity contribution is 7.07. The third kappa shape index (κ3) is 3.63. The number of thiophene rings is 1. The van der Waals surface area contributed by atoms with Crippen LogP contribution in [0.25, 0.3) is 0 Å². The van der Waals surface area contributed by atoms with Crippen LogP contribution in [0.3, 0.4) is 0 Å². The van der Waals surface area contributed by atoms with Crippen LogP contribution in [-0.4, -0.2) is 6.54 Å². The van der Waals surface area contributed by atoms with Crippen molar-refractivity contribution in [2.24, 2.45) is 0 Å². The predicted octanol–water partition coefficient (Wildman–Crippen LogP) is 2.81. The molecule has 70 valence electrons. The fourth-order valence-electron chi connectivity index (χ4n) is 1.12. The van der Waals surface area contributed by atoms with Gasteiger partial charge in [-0.3, -0.25) is 0 Å². The smallest absolute Gasteiger partial charge is 0.0300 e. The topological polar surface area (TPSA) is 12.0 Å². The number of hydrogen-bond donors (Lipinski definition) is 1. The first-order valence-electron chi connectivity index (χ1n) is 4.49. The molecule has 0 saturated carbocycles. The molecule has 0 aromatic carbocycles. The van der Waals surface area contributed by atoms with Gasteiger partial charge in [-0.2, -0.15) is 11.3 Å². The van der Waals surface area contributed by atoms with Crippen molar-refractivity contribution in [1.29, 1.82) is 0 Å². The molecule has 0 aliphatic carbocycles. The van der Waals surface area contributed by atoms with Gasteiger partial charge in [0.2, 0.25) is 0 Å². The molecule has 1 N–H and O–H groups in total. The number of rotatable bonds is 4. The average Bonchev–Trinajstić information content (AvgIpc) is 2.65. The van der Waals surface area contributed by atoms with Gasteiger partial charge in [0.1, 0.15) is 0 Å². The molecule has 0 spiro atoms. The third-order valence-electron chi connectivity index (χ3n) is 1.92. The molecule has 1 rings (SSSR count). The summed E-state index contributed by atoms with van der Waals surface area (Å²) in [6.07, 6.45) is 0.935. The van der Waals surface area contributed by atoms with Crippen molar-refractivity contribution < 1.29 is 0 Å². The van der Waals surface area contributed by atoms with Gasteiger partial charge in [-0.25, -0.2) is 0 Å². The highest BCUT2D eigenvalue weighted by Crippen LogP contribution is 2.14. The number of hydrogen-bond acceptors (Lipinski definition) is 2. The van der Waals surface area contributed by atoms with E-state index in [0.717, 1.165) is 13.0 Å². The van der Waals surface area contributed by atoms with E-state index in [4.69, 9.17) is 0 Å². The van der Waals surface area contributed by atoms with E-state index < -0.39 is 0 Å². The van der Waals surface area contributed by atoms with Gasteiger partial charge in [0.15, 0.2) is 0 Å². The first kappa shape index (κ1) is 10.3. The Hall–Kier alpha value is -0.780. The maximum absolute atomic E-state index is 3.42. The monoisotopic (exact) mass is 193 g/mol. The quantitative estimate of drug-likeness (QED) is 0.573. The first-order chi connectivity index (χ1) is 6.34. The lowest BCUT2D eigenvalue weighted by Crippen LogP contribution is -2.18. The minimum atomic E-state index is 0.449. The van der Waals surface area contributed by atoms with Crippen LogP contribution in [-0.2, 0) is 0 Å². The summed E-state index contributed by atoms with van der Waals surface area (Å²) >= 11 is 1.74. The molecular formula is C11H15NS. The summed E-state index contributed by atoms with van der Waals surface area (Å²) in [5.41, 5.74) is 1.37. The molecule has 1 nitrogen and oxygen atoms in total. The van der Waals surface area contributed by atoms with E-state index in [1.54, 1.807) is 11.3 Å². The lowest BCUT2D eigenvalue weighted by Gasteiger charge is -2.10. The Morgan fingerprint density at radius 1 is 1.62 bits per heavy atom. The van der Waals surface area contributed by atoms with Gasteiger partial charge in [0, 0.05) is 19.0 Å². The molecule has 1 aromatic heterocycles. The van der Waals surface area contributed by atoms with Crippen LogP contribution >= 0.6 is 11.3 Å². The van der Waals surface area contributed by atoms with Gasteiger partial charge in [-0.15, -0.1) is 11.8 Å². The van der Waals surface area contributed by atoms with E-state index in [0.29, 0.717) is 6.04 Å². The van der Waals surface area contributed by atoms with Crippen molar-refractivity contribution in [2.75, 3.05) is 6.54 Å². The Kier molecular flexibility index (Phi) is 4.59. The van der Waals surface area contributed by atoms with E-state index in [-0.39, 0.29) is 0 Å². The van der Waals surface area contributed by atoms with E-state index in [9.17, 15) is 0 Å². The summed E-state index contributed by atoms with van der Waals surface area (Å²) in [5.74, 6) is 5.93. The Morgan fingerprint density at radius 2 is 2.46 bits per heavy atom. The third-order valence-corrected chi connectivity index (χ3v) is 2.62. The second-order valence-electron chi connectivity index (χ2n) is 2.91. The van der Waals surface area contributed by atoms with Crippen LogP contribution in [0.2, 0.25) is 0 Å². The Labute approximate surface area is 84.2 Å². The van der Waals surface area contributed by atoms with E-state index in [1.807, 2.05) is 6.92 Å². The highest BCUT2D eigenvalue weighted by Gasteiger charge is 2.02. The van der Waals surface area contributed by atoms with Crippen LogP contribution in [0.5, 0.6) is 0 Å². The molecule has 1 heterocycles. The molecule has 0 radical (unpaired) electrons. The van der Waals surface area contributed by atoms with Crippen LogP contribution in [0.4, 0.5) is 0 Å². The molecule has 0 amide bonds. The number of nitrogens with one attached hydrogen (secondary N) is 1. The molecule has 0 saturated heterocycles. The summed E-state index contributed by atoms with van der Waals surface area (Å²) in [4.78, 5) is 0. The van der Waals surface area contributed by atoms with E-state index in [2.05, 4.69) is 40.9 Å². The van der Waals surface area contributed by atoms with Gasteiger partial charge in [0.05, 0.1) is 0 Å². The molecule has 1 aromatic rings. The van der Waals surface area contributed by atoms with Crippen molar-refractivity contribution in [3.63, 3.8) is 0 Å². The zero-order chi connectivity index (χ0) is 9.52. The summed E-state index contributed by atoms with van der Waals surface area (Å²) in [6.45, 7) is 5.03. The second kappa shape index (κ2) is 5.80. The normalized spacial score (nSPS) is 11.8. The van der Waals surface area contributed by atoms with Gasteiger partial charge >= 0.3 is 0 Å². The molecule has 13 heavy (non-hydrogen) atoms. The Bertz CT molecular complexity index is 279. The standard InChI is InChI=1S/C11H15NS/c1-3-4-5-7-12-10(2)11-6-8-13-9-11/h6,8-10,12H,5,7H2,1-2H3. The van der Waals surface area contributed by atoms with Crippen molar-refractivity contribution in [3.05, 3.63) is 22.4 Å². The molecule has 1 unspecified atom stereocenters.